The standard InChI is InChI=1S/C14H17N3O2/c1-8(2)9(3)15-12-10-6-4-5-7-11(10)16-13(17-12)14(18)19/h4-9H,1-3H3,(H,18,19)(H,15,16,17). The number of benzene rings is 1. The zero-order valence-corrected chi connectivity index (χ0v) is 11.2. The second kappa shape index (κ2) is 5.22. The van der Waals surface area contributed by atoms with Crippen molar-refractivity contribution < 1.29 is 9.90 Å². The van der Waals surface area contributed by atoms with Crippen LogP contribution in [0.2, 0.25) is 0 Å². The first-order valence-corrected chi connectivity index (χ1v) is 6.25. The lowest BCUT2D eigenvalue weighted by Gasteiger charge is -2.19. The third-order valence-corrected chi connectivity index (χ3v) is 3.16. The second-order valence-corrected chi connectivity index (χ2v) is 4.90. The molecule has 100 valence electrons. The van der Waals surface area contributed by atoms with Crippen molar-refractivity contribution in [2.24, 2.45) is 5.92 Å². The van der Waals surface area contributed by atoms with Crippen LogP contribution in [0.1, 0.15) is 31.4 Å². The number of carboxylic acids is 1. The Morgan fingerprint density at radius 2 is 1.89 bits per heavy atom. The third kappa shape index (κ3) is 2.81. The predicted octanol–water partition coefficient (Wildman–Crippen LogP) is 2.78. The minimum absolute atomic E-state index is 0.183. The van der Waals surface area contributed by atoms with Crippen LogP contribution in [-0.4, -0.2) is 27.1 Å². The van der Waals surface area contributed by atoms with Gasteiger partial charge in [0, 0.05) is 11.4 Å². The van der Waals surface area contributed by atoms with Crippen LogP contribution >= 0.6 is 0 Å². The molecule has 2 N–H and O–H groups in total. The number of aromatic nitrogens is 2. The van der Waals surface area contributed by atoms with E-state index in [9.17, 15) is 4.79 Å². The van der Waals surface area contributed by atoms with Gasteiger partial charge in [-0.1, -0.05) is 26.0 Å². The minimum Gasteiger partial charge on any atom is -0.475 e. The summed E-state index contributed by atoms with van der Waals surface area (Å²) < 4.78 is 0. The maximum atomic E-state index is 11.1. The molecule has 0 aliphatic heterocycles. The molecule has 5 heteroatoms. The van der Waals surface area contributed by atoms with Crippen molar-refractivity contribution in [1.29, 1.82) is 0 Å². The Bertz CT molecular complexity index is 611. The van der Waals surface area contributed by atoms with Gasteiger partial charge in [0.2, 0.25) is 5.82 Å². The molecule has 1 aromatic heterocycles. The van der Waals surface area contributed by atoms with Crippen LogP contribution in [0.5, 0.6) is 0 Å². The first-order chi connectivity index (χ1) is 8.99. The molecule has 2 rings (SSSR count). The molecule has 0 radical (unpaired) electrons. The molecule has 19 heavy (non-hydrogen) atoms. The van der Waals surface area contributed by atoms with Gasteiger partial charge in [-0.05, 0) is 25.0 Å². The number of nitrogens with one attached hydrogen (secondary N) is 1. The number of fused-ring (bicyclic) bond motifs is 1. The summed E-state index contributed by atoms with van der Waals surface area (Å²) in [4.78, 5) is 19.2. The van der Waals surface area contributed by atoms with E-state index in [4.69, 9.17) is 5.11 Å². The average molecular weight is 259 g/mol. The van der Waals surface area contributed by atoms with Gasteiger partial charge in [0.1, 0.15) is 5.82 Å². The molecule has 1 unspecified atom stereocenters. The predicted molar refractivity (Wildman–Crippen MR) is 74.4 cm³/mol. The van der Waals surface area contributed by atoms with Crippen LogP contribution in [0, 0.1) is 5.92 Å². The van der Waals surface area contributed by atoms with Gasteiger partial charge in [-0.2, -0.15) is 0 Å². The van der Waals surface area contributed by atoms with E-state index >= 15 is 0 Å². The number of hydrogen-bond acceptors (Lipinski definition) is 4. The topological polar surface area (TPSA) is 75.1 Å². The van der Waals surface area contributed by atoms with E-state index < -0.39 is 5.97 Å². The minimum atomic E-state index is -1.12. The summed E-state index contributed by atoms with van der Waals surface area (Å²) >= 11 is 0. The van der Waals surface area contributed by atoms with Crippen LogP contribution in [0.3, 0.4) is 0 Å². The molecule has 0 aliphatic rings. The van der Waals surface area contributed by atoms with Crippen LogP contribution in [0.25, 0.3) is 10.9 Å². The monoisotopic (exact) mass is 259 g/mol. The number of aromatic carboxylic acids is 1. The molecule has 1 heterocycles. The summed E-state index contributed by atoms with van der Waals surface area (Å²) in [5, 5.41) is 13.2. The molecule has 5 nitrogen and oxygen atoms in total. The molecule has 0 amide bonds. The van der Waals surface area contributed by atoms with Crippen molar-refractivity contribution in [3.8, 4) is 0 Å². The van der Waals surface area contributed by atoms with Crippen molar-refractivity contribution in [2.45, 2.75) is 26.8 Å². The molecule has 1 aromatic carbocycles. The largest absolute Gasteiger partial charge is 0.475 e. The molecule has 1 atom stereocenters. The first-order valence-electron chi connectivity index (χ1n) is 6.25. The third-order valence-electron chi connectivity index (χ3n) is 3.16. The summed E-state index contributed by atoms with van der Waals surface area (Å²) in [7, 11) is 0. The van der Waals surface area contributed by atoms with Crippen LogP contribution < -0.4 is 5.32 Å². The number of rotatable bonds is 4. The normalized spacial score (nSPS) is 12.6. The fourth-order valence-corrected chi connectivity index (χ4v) is 1.66. The van der Waals surface area contributed by atoms with E-state index in [1.54, 1.807) is 6.07 Å². The zero-order valence-electron chi connectivity index (χ0n) is 11.2. The lowest BCUT2D eigenvalue weighted by atomic mass is 10.1. The lowest BCUT2D eigenvalue weighted by molar-refractivity contribution is 0.0684. The number of carboxylic acid groups (broad SMARTS) is 1. The second-order valence-electron chi connectivity index (χ2n) is 4.90. The molecule has 2 aromatic rings. The Kier molecular flexibility index (Phi) is 3.64. The Labute approximate surface area is 111 Å². The lowest BCUT2D eigenvalue weighted by Crippen LogP contribution is -2.23. The van der Waals surface area contributed by atoms with Crippen molar-refractivity contribution in [2.75, 3.05) is 5.32 Å². The molecular formula is C14H17N3O2. The van der Waals surface area contributed by atoms with Gasteiger partial charge in [0.25, 0.3) is 0 Å². The van der Waals surface area contributed by atoms with Gasteiger partial charge in [0.15, 0.2) is 0 Å². The van der Waals surface area contributed by atoms with Gasteiger partial charge < -0.3 is 10.4 Å². The Balaban J connectivity index is 2.53. The van der Waals surface area contributed by atoms with Gasteiger partial charge in [-0.3, -0.25) is 0 Å². The fraction of sp³-hybridized carbons (Fsp3) is 0.357. The van der Waals surface area contributed by atoms with Crippen LogP contribution in [-0.2, 0) is 0 Å². The van der Waals surface area contributed by atoms with E-state index in [-0.39, 0.29) is 11.9 Å². The quantitative estimate of drug-likeness (QED) is 0.883. The molecule has 0 saturated heterocycles. The summed E-state index contributed by atoms with van der Waals surface area (Å²) in [6.45, 7) is 6.24. The highest BCUT2D eigenvalue weighted by Gasteiger charge is 2.15. The molecular weight excluding hydrogens is 242 g/mol. The maximum absolute atomic E-state index is 11.1. The van der Waals surface area contributed by atoms with Crippen molar-refractivity contribution in [1.82, 2.24) is 9.97 Å². The van der Waals surface area contributed by atoms with Gasteiger partial charge >= 0.3 is 5.97 Å². The first kappa shape index (κ1) is 13.3. The van der Waals surface area contributed by atoms with Crippen LogP contribution in [0.4, 0.5) is 5.82 Å². The average Bonchev–Trinajstić information content (AvgIpc) is 2.38. The Hall–Kier alpha value is -2.17. The summed E-state index contributed by atoms with van der Waals surface area (Å²) in [5.41, 5.74) is 0.633. The van der Waals surface area contributed by atoms with Crippen LogP contribution in [0.15, 0.2) is 24.3 Å². The number of anilines is 1. The number of nitrogens with zero attached hydrogens (tertiary/aromatic N) is 2. The Morgan fingerprint density at radius 1 is 1.21 bits per heavy atom. The van der Waals surface area contributed by atoms with E-state index in [2.05, 4.69) is 29.1 Å². The van der Waals surface area contributed by atoms with Gasteiger partial charge in [0.05, 0.1) is 5.52 Å². The molecule has 0 fully saturated rings. The highest BCUT2D eigenvalue weighted by Crippen LogP contribution is 2.21. The molecule has 0 saturated carbocycles. The zero-order chi connectivity index (χ0) is 14.0. The fourth-order valence-electron chi connectivity index (χ4n) is 1.66. The SMILES string of the molecule is CC(C)C(C)Nc1nc(C(=O)O)nc2ccccc12. The summed E-state index contributed by atoms with van der Waals surface area (Å²) in [5.74, 6) is -0.311. The van der Waals surface area contributed by atoms with E-state index in [1.165, 1.54) is 0 Å². The molecule has 0 aliphatic carbocycles. The van der Waals surface area contributed by atoms with Gasteiger partial charge in [-0.15, -0.1) is 0 Å². The maximum Gasteiger partial charge on any atom is 0.374 e. The number of hydrogen-bond donors (Lipinski definition) is 2. The highest BCUT2D eigenvalue weighted by atomic mass is 16.4. The summed E-state index contributed by atoms with van der Waals surface area (Å²) in [6.07, 6.45) is 0. The van der Waals surface area contributed by atoms with Crippen molar-refractivity contribution >= 4 is 22.7 Å². The Morgan fingerprint density at radius 3 is 2.53 bits per heavy atom. The van der Waals surface area contributed by atoms with E-state index in [0.29, 0.717) is 17.3 Å². The van der Waals surface area contributed by atoms with E-state index in [0.717, 1.165) is 5.39 Å². The number of carbonyl (C=O) groups is 1. The van der Waals surface area contributed by atoms with Crippen molar-refractivity contribution in [3.05, 3.63) is 30.1 Å². The summed E-state index contributed by atoms with van der Waals surface area (Å²) in [6, 6.07) is 7.58. The van der Waals surface area contributed by atoms with Crippen molar-refractivity contribution in [3.63, 3.8) is 0 Å². The van der Waals surface area contributed by atoms with Gasteiger partial charge in [-0.25, -0.2) is 14.8 Å². The number of para-hydroxylation sites is 1. The highest BCUT2D eigenvalue weighted by molar-refractivity contribution is 5.93. The van der Waals surface area contributed by atoms with E-state index in [1.807, 2.05) is 25.1 Å². The molecule has 0 bridgehead atoms. The molecule has 0 spiro atoms. The smallest absolute Gasteiger partial charge is 0.374 e.